The zero-order valence-corrected chi connectivity index (χ0v) is 16.3. The second-order valence-corrected chi connectivity index (χ2v) is 7.57. The number of nitrogen functional groups attached to an aromatic ring is 1. The number of rotatable bonds is 4. The summed E-state index contributed by atoms with van der Waals surface area (Å²) < 4.78 is 0. The normalized spacial score (nSPS) is 15.8. The van der Waals surface area contributed by atoms with E-state index in [1.54, 1.807) is 12.1 Å². The molecule has 0 saturated carbocycles. The highest BCUT2D eigenvalue weighted by Gasteiger charge is 2.20. The molecule has 1 aromatic carbocycles. The number of phenols is 1. The SMILES string of the molecule is Cc1cc(C)c2c(N)nc(NC3CCN(Cc4ccc(O)cc4)CC3)nc2n1. The Balaban J connectivity index is 1.40. The molecule has 1 aliphatic rings. The van der Waals surface area contributed by atoms with Crippen molar-refractivity contribution in [1.29, 1.82) is 0 Å². The number of nitrogens with one attached hydrogen (secondary N) is 1. The molecule has 0 atom stereocenters. The van der Waals surface area contributed by atoms with Crippen molar-refractivity contribution in [3.63, 3.8) is 0 Å². The minimum absolute atomic E-state index is 0.307. The van der Waals surface area contributed by atoms with Gasteiger partial charge in [0.05, 0.1) is 5.39 Å². The van der Waals surface area contributed by atoms with E-state index < -0.39 is 0 Å². The molecule has 28 heavy (non-hydrogen) atoms. The van der Waals surface area contributed by atoms with Crippen LogP contribution in [0, 0.1) is 13.8 Å². The highest BCUT2D eigenvalue weighted by atomic mass is 16.3. The number of hydrogen-bond acceptors (Lipinski definition) is 7. The summed E-state index contributed by atoms with van der Waals surface area (Å²) in [6, 6.07) is 9.74. The lowest BCUT2D eigenvalue weighted by molar-refractivity contribution is 0.211. The Morgan fingerprint density at radius 2 is 1.82 bits per heavy atom. The zero-order chi connectivity index (χ0) is 19.7. The molecule has 4 N–H and O–H groups in total. The van der Waals surface area contributed by atoms with Gasteiger partial charge in [0.1, 0.15) is 11.6 Å². The Morgan fingerprint density at radius 3 is 2.54 bits per heavy atom. The topological polar surface area (TPSA) is 100 Å². The fraction of sp³-hybridized carbons (Fsp3) is 0.381. The highest BCUT2D eigenvalue weighted by Crippen LogP contribution is 2.24. The number of aromatic hydroxyl groups is 1. The molecular weight excluding hydrogens is 352 g/mol. The third kappa shape index (κ3) is 3.99. The van der Waals surface area contributed by atoms with E-state index >= 15 is 0 Å². The summed E-state index contributed by atoms with van der Waals surface area (Å²) >= 11 is 0. The summed E-state index contributed by atoms with van der Waals surface area (Å²) in [5.41, 5.74) is 10.0. The maximum absolute atomic E-state index is 9.41. The Labute approximate surface area is 164 Å². The molecule has 1 fully saturated rings. The number of fused-ring (bicyclic) bond motifs is 1. The van der Waals surface area contributed by atoms with E-state index in [4.69, 9.17) is 5.73 Å². The van der Waals surface area contributed by atoms with E-state index in [-0.39, 0.29) is 0 Å². The van der Waals surface area contributed by atoms with Crippen molar-refractivity contribution in [2.75, 3.05) is 24.1 Å². The number of pyridine rings is 1. The van der Waals surface area contributed by atoms with Crippen molar-refractivity contribution in [3.05, 3.63) is 47.2 Å². The van der Waals surface area contributed by atoms with Gasteiger partial charge in [-0.25, -0.2) is 4.98 Å². The molecule has 1 aliphatic heterocycles. The molecule has 7 nitrogen and oxygen atoms in total. The molecule has 2 aromatic heterocycles. The lowest BCUT2D eigenvalue weighted by atomic mass is 10.0. The van der Waals surface area contributed by atoms with Crippen molar-refractivity contribution in [2.45, 2.75) is 39.3 Å². The van der Waals surface area contributed by atoms with Crippen LogP contribution in [0.2, 0.25) is 0 Å². The lowest BCUT2D eigenvalue weighted by Crippen LogP contribution is -2.39. The van der Waals surface area contributed by atoms with Crippen LogP contribution < -0.4 is 11.1 Å². The number of benzene rings is 1. The van der Waals surface area contributed by atoms with Gasteiger partial charge in [0.25, 0.3) is 0 Å². The largest absolute Gasteiger partial charge is 0.508 e. The molecule has 3 heterocycles. The molecule has 0 radical (unpaired) electrons. The minimum Gasteiger partial charge on any atom is -0.508 e. The fourth-order valence-corrected chi connectivity index (χ4v) is 3.85. The molecule has 0 aliphatic carbocycles. The maximum Gasteiger partial charge on any atom is 0.226 e. The minimum atomic E-state index is 0.307. The quantitative estimate of drug-likeness (QED) is 0.641. The van der Waals surface area contributed by atoms with Crippen LogP contribution in [0.25, 0.3) is 11.0 Å². The van der Waals surface area contributed by atoms with Crippen LogP contribution in [-0.2, 0) is 6.54 Å². The van der Waals surface area contributed by atoms with E-state index in [1.807, 2.05) is 32.0 Å². The van der Waals surface area contributed by atoms with Crippen molar-refractivity contribution in [1.82, 2.24) is 19.9 Å². The molecular formula is C21H26N6O. The number of hydrogen-bond donors (Lipinski definition) is 3. The lowest BCUT2D eigenvalue weighted by Gasteiger charge is -2.32. The zero-order valence-electron chi connectivity index (χ0n) is 16.3. The molecule has 0 bridgehead atoms. The van der Waals surface area contributed by atoms with Gasteiger partial charge in [-0.15, -0.1) is 0 Å². The Bertz CT molecular complexity index is 980. The summed E-state index contributed by atoms with van der Waals surface area (Å²) in [6.45, 7) is 6.86. The molecule has 4 rings (SSSR count). The van der Waals surface area contributed by atoms with Crippen LogP contribution in [0.1, 0.15) is 29.7 Å². The summed E-state index contributed by atoms with van der Waals surface area (Å²) in [5.74, 6) is 1.34. The van der Waals surface area contributed by atoms with Crippen molar-refractivity contribution < 1.29 is 5.11 Å². The first-order valence-electron chi connectivity index (χ1n) is 9.66. The van der Waals surface area contributed by atoms with Crippen LogP contribution in [0.5, 0.6) is 5.75 Å². The number of phenolic OH excluding ortho intramolecular Hbond substituents is 1. The first-order chi connectivity index (χ1) is 13.5. The van der Waals surface area contributed by atoms with E-state index in [1.165, 1.54) is 5.56 Å². The fourth-order valence-electron chi connectivity index (χ4n) is 3.85. The summed E-state index contributed by atoms with van der Waals surface area (Å²) in [5, 5.41) is 13.7. The van der Waals surface area contributed by atoms with Crippen LogP contribution in [0.15, 0.2) is 30.3 Å². The van der Waals surface area contributed by atoms with Gasteiger partial charge in [-0.2, -0.15) is 9.97 Å². The smallest absolute Gasteiger partial charge is 0.226 e. The van der Waals surface area contributed by atoms with Crippen molar-refractivity contribution >= 4 is 22.8 Å². The number of aryl methyl sites for hydroxylation is 2. The number of nitrogens with two attached hydrogens (primary N) is 1. The Kier molecular flexibility index (Phi) is 5.00. The summed E-state index contributed by atoms with van der Waals surface area (Å²) in [4.78, 5) is 16.0. The molecule has 0 unspecified atom stereocenters. The number of likely N-dealkylation sites (tertiary alicyclic amines) is 1. The predicted molar refractivity (Wildman–Crippen MR) is 111 cm³/mol. The second kappa shape index (κ2) is 7.59. The van der Waals surface area contributed by atoms with E-state index in [2.05, 4.69) is 25.2 Å². The second-order valence-electron chi connectivity index (χ2n) is 7.57. The third-order valence-electron chi connectivity index (χ3n) is 5.28. The first kappa shape index (κ1) is 18.4. The average molecular weight is 378 g/mol. The van der Waals surface area contributed by atoms with Gasteiger partial charge in [0, 0.05) is 31.4 Å². The van der Waals surface area contributed by atoms with Crippen LogP contribution in [0.3, 0.4) is 0 Å². The van der Waals surface area contributed by atoms with Crippen molar-refractivity contribution in [3.8, 4) is 5.75 Å². The van der Waals surface area contributed by atoms with E-state index in [0.717, 1.165) is 49.1 Å². The monoisotopic (exact) mass is 378 g/mol. The number of anilines is 2. The Hall–Kier alpha value is -2.93. The van der Waals surface area contributed by atoms with Gasteiger partial charge < -0.3 is 16.2 Å². The summed E-state index contributed by atoms with van der Waals surface area (Å²) in [7, 11) is 0. The van der Waals surface area contributed by atoms with Crippen LogP contribution in [0.4, 0.5) is 11.8 Å². The highest BCUT2D eigenvalue weighted by molar-refractivity contribution is 5.89. The van der Waals surface area contributed by atoms with Gasteiger partial charge in [0.2, 0.25) is 5.95 Å². The number of nitrogens with zero attached hydrogens (tertiary/aromatic N) is 4. The van der Waals surface area contributed by atoms with Gasteiger partial charge >= 0.3 is 0 Å². The van der Waals surface area contributed by atoms with Gasteiger partial charge in [-0.3, -0.25) is 4.90 Å². The standard InChI is InChI=1S/C21H26N6O/c1-13-11-14(2)23-20-18(13)19(22)25-21(26-20)24-16-7-9-27(10-8-16)12-15-3-5-17(28)6-4-15/h3-6,11,16,28H,7-10,12H2,1-2H3,(H3,22,23,24,25,26). The van der Waals surface area contributed by atoms with Crippen molar-refractivity contribution in [2.24, 2.45) is 0 Å². The number of piperidine rings is 1. The third-order valence-corrected chi connectivity index (χ3v) is 5.28. The predicted octanol–water partition coefficient (Wildman–Crippen LogP) is 3.01. The molecule has 7 heteroatoms. The summed E-state index contributed by atoms with van der Waals surface area (Å²) in [6.07, 6.45) is 2.03. The molecule has 0 amide bonds. The van der Waals surface area contributed by atoms with E-state index in [0.29, 0.717) is 29.2 Å². The average Bonchev–Trinajstić information content (AvgIpc) is 2.64. The van der Waals surface area contributed by atoms with Gasteiger partial charge in [-0.1, -0.05) is 12.1 Å². The van der Waals surface area contributed by atoms with E-state index in [9.17, 15) is 5.11 Å². The molecule has 146 valence electrons. The maximum atomic E-state index is 9.41. The van der Waals surface area contributed by atoms with Gasteiger partial charge in [-0.05, 0) is 56.0 Å². The number of aromatic nitrogens is 3. The molecule has 1 saturated heterocycles. The van der Waals surface area contributed by atoms with Gasteiger partial charge in [0.15, 0.2) is 5.65 Å². The molecule has 0 spiro atoms. The van der Waals surface area contributed by atoms with Crippen LogP contribution >= 0.6 is 0 Å². The molecule has 3 aromatic rings. The first-order valence-corrected chi connectivity index (χ1v) is 9.66. The van der Waals surface area contributed by atoms with Crippen LogP contribution in [-0.4, -0.2) is 44.1 Å². The Morgan fingerprint density at radius 1 is 1.11 bits per heavy atom.